The summed E-state index contributed by atoms with van der Waals surface area (Å²) in [5.74, 6) is 0. The maximum absolute atomic E-state index is 11.7. The molecule has 1 atom stereocenters. The minimum atomic E-state index is -3.89. The van der Waals surface area contributed by atoms with Gasteiger partial charge in [0.1, 0.15) is 0 Å². The lowest BCUT2D eigenvalue weighted by atomic mass is 10.0. The molecule has 3 nitrogen and oxygen atoms in total. The molecule has 0 aliphatic carbocycles. The first-order valence-electron chi connectivity index (χ1n) is 14.0. The quantitative estimate of drug-likeness (QED) is 0.109. The standard InChI is InChI=1S/C27H56O3S/c1-3-5-7-9-11-13-14-15-16-18-20-22-24-26-27(31(28,29)30)25-23-21-19-17-12-10-8-6-4-2/h27H,3-26H2,1-2H3,(H,28,29,30). The molecule has 188 valence electrons. The van der Waals surface area contributed by atoms with Gasteiger partial charge < -0.3 is 0 Å². The number of hydrogen-bond donors (Lipinski definition) is 1. The van der Waals surface area contributed by atoms with Gasteiger partial charge in [0.15, 0.2) is 0 Å². The molecule has 0 amide bonds. The van der Waals surface area contributed by atoms with Crippen LogP contribution >= 0.6 is 0 Å². The Morgan fingerprint density at radius 2 is 0.677 bits per heavy atom. The lowest BCUT2D eigenvalue weighted by Gasteiger charge is -2.13. The Morgan fingerprint density at radius 1 is 0.452 bits per heavy atom. The van der Waals surface area contributed by atoms with Crippen LogP contribution in [0.1, 0.15) is 168 Å². The van der Waals surface area contributed by atoms with Gasteiger partial charge in [-0.2, -0.15) is 8.42 Å². The maximum atomic E-state index is 11.7. The molecule has 0 radical (unpaired) electrons. The fourth-order valence-corrected chi connectivity index (χ4v) is 5.44. The van der Waals surface area contributed by atoms with Crippen LogP contribution in [0.25, 0.3) is 0 Å². The van der Waals surface area contributed by atoms with E-state index in [-0.39, 0.29) is 0 Å². The van der Waals surface area contributed by atoms with Crippen LogP contribution in [0, 0.1) is 0 Å². The summed E-state index contributed by atoms with van der Waals surface area (Å²) < 4.78 is 33.0. The van der Waals surface area contributed by atoms with Gasteiger partial charge in [0.25, 0.3) is 10.1 Å². The van der Waals surface area contributed by atoms with Gasteiger partial charge in [-0.3, -0.25) is 4.55 Å². The molecule has 1 N–H and O–H groups in total. The van der Waals surface area contributed by atoms with Crippen molar-refractivity contribution in [1.82, 2.24) is 0 Å². The van der Waals surface area contributed by atoms with Crippen molar-refractivity contribution >= 4 is 10.1 Å². The summed E-state index contributed by atoms with van der Waals surface area (Å²) in [4.78, 5) is 0. The van der Waals surface area contributed by atoms with E-state index in [1.54, 1.807) is 0 Å². The van der Waals surface area contributed by atoms with E-state index in [9.17, 15) is 13.0 Å². The normalized spacial score (nSPS) is 13.0. The molecular weight excluding hydrogens is 404 g/mol. The zero-order valence-corrected chi connectivity index (χ0v) is 22.0. The Balaban J connectivity index is 3.59. The van der Waals surface area contributed by atoms with Crippen molar-refractivity contribution in [3.8, 4) is 0 Å². The third-order valence-corrected chi connectivity index (χ3v) is 7.99. The van der Waals surface area contributed by atoms with Crippen molar-refractivity contribution in [2.24, 2.45) is 0 Å². The lowest BCUT2D eigenvalue weighted by molar-refractivity contribution is 0.442. The van der Waals surface area contributed by atoms with Crippen LogP contribution in [0.4, 0.5) is 0 Å². The summed E-state index contributed by atoms with van der Waals surface area (Å²) in [6.45, 7) is 4.50. The second-order valence-electron chi connectivity index (χ2n) is 9.79. The van der Waals surface area contributed by atoms with Crippen molar-refractivity contribution in [3.63, 3.8) is 0 Å². The highest BCUT2D eigenvalue weighted by molar-refractivity contribution is 7.86. The SMILES string of the molecule is CCCCCCCCCCCCCCCC(CCCCCCCCCCC)S(=O)(=O)O. The van der Waals surface area contributed by atoms with Crippen LogP contribution in [0.3, 0.4) is 0 Å². The van der Waals surface area contributed by atoms with E-state index in [1.807, 2.05) is 0 Å². The van der Waals surface area contributed by atoms with Gasteiger partial charge in [0.2, 0.25) is 0 Å². The Bertz CT molecular complexity index is 447. The summed E-state index contributed by atoms with van der Waals surface area (Å²) in [7, 11) is -3.89. The molecule has 0 fully saturated rings. The summed E-state index contributed by atoms with van der Waals surface area (Å²) in [5.41, 5.74) is 0. The highest BCUT2D eigenvalue weighted by Gasteiger charge is 2.21. The lowest BCUT2D eigenvalue weighted by Crippen LogP contribution is -2.20. The zero-order chi connectivity index (χ0) is 23.0. The fourth-order valence-electron chi connectivity index (χ4n) is 4.51. The van der Waals surface area contributed by atoms with Crippen LogP contribution in [0.5, 0.6) is 0 Å². The van der Waals surface area contributed by atoms with Crippen molar-refractivity contribution in [1.29, 1.82) is 0 Å². The van der Waals surface area contributed by atoms with Crippen LogP contribution < -0.4 is 0 Å². The van der Waals surface area contributed by atoms with Gasteiger partial charge in [-0.15, -0.1) is 0 Å². The molecule has 0 saturated carbocycles. The first-order valence-corrected chi connectivity index (χ1v) is 15.5. The highest BCUT2D eigenvalue weighted by atomic mass is 32.2. The van der Waals surface area contributed by atoms with E-state index in [0.717, 1.165) is 25.7 Å². The molecule has 0 saturated heterocycles. The zero-order valence-electron chi connectivity index (χ0n) is 21.2. The third-order valence-electron chi connectivity index (χ3n) is 6.68. The average Bonchev–Trinajstić information content (AvgIpc) is 2.73. The van der Waals surface area contributed by atoms with Gasteiger partial charge >= 0.3 is 0 Å². The van der Waals surface area contributed by atoms with E-state index in [4.69, 9.17) is 0 Å². The second-order valence-corrected chi connectivity index (χ2v) is 11.5. The molecule has 0 aromatic rings. The summed E-state index contributed by atoms with van der Waals surface area (Å²) in [6.07, 6.45) is 29.2. The van der Waals surface area contributed by atoms with Crippen LogP contribution in [-0.4, -0.2) is 18.2 Å². The summed E-state index contributed by atoms with van der Waals surface area (Å²) >= 11 is 0. The van der Waals surface area contributed by atoms with Gasteiger partial charge in [-0.1, -0.05) is 155 Å². The molecule has 0 aromatic heterocycles. The molecule has 0 aliphatic rings. The van der Waals surface area contributed by atoms with Crippen LogP contribution in [0.15, 0.2) is 0 Å². The monoisotopic (exact) mass is 460 g/mol. The van der Waals surface area contributed by atoms with Crippen molar-refractivity contribution in [3.05, 3.63) is 0 Å². The van der Waals surface area contributed by atoms with Crippen LogP contribution in [0.2, 0.25) is 0 Å². The average molecular weight is 461 g/mol. The molecule has 0 spiro atoms. The van der Waals surface area contributed by atoms with Crippen molar-refractivity contribution in [2.45, 2.75) is 173 Å². The molecule has 4 heteroatoms. The van der Waals surface area contributed by atoms with Gasteiger partial charge in [0, 0.05) is 0 Å². The topological polar surface area (TPSA) is 54.4 Å². The minimum Gasteiger partial charge on any atom is -0.285 e. The third kappa shape index (κ3) is 22.9. The van der Waals surface area contributed by atoms with E-state index < -0.39 is 15.4 Å². The first-order chi connectivity index (χ1) is 15.0. The summed E-state index contributed by atoms with van der Waals surface area (Å²) in [6, 6.07) is 0. The predicted molar refractivity (Wildman–Crippen MR) is 137 cm³/mol. The maximum Gasteiger partial charge on any atom is 0.267 e. The van der Waals surface area contributed by atoms with Crippen LogP contribution in [-0.2, 0) is 10.1 Å². The predicted octanol–water partition coefficient (Wildman–Crippen LogP) is 9.65. The molecular formula is C27H56O3S. The molecule has 31 heavy (non-hydrogen) atoms. The molecule has 1 unspecified atom stereocenters. The summed E-state index contributed by atoms with van der Waals surface area (Å²) in [5, 5.41) is -0.537. The van der Waals surface area contributed by atoms with E-state index in [2.05, 4.69) is 13.8 Å². The largest absolute Gasteiger partial charge is 0.285 e. The Kier molecular flexibility index (Phi) is 23.0. The molecule has 0 heterocycles. The van der Waals surface area contributed by atoms with Gasteiger partial charge in [0.05, 0.1) is 5.25 Å². The highest BCUT2D eigenvalue weighted by Crippen LogP contribution is 2.20. The molecule has 0 aliphatic heterocycles. The Hall–Kier alpha value is -0.0900. The Morgan fingerprint density at radius 3 is 0.903 bits per heavy atom. The first kappa shape index (κ1) is 30.9. The number of rotatable bonds is 25. The smallest absolute Gasteiger partial charge is 0.267 e. The van der Waals surface area contributed by atoms with Gasteiger partial charge in [-0.25, -0.2) is 0 Å². The van der Waals surface area contributed by atoms with Crippen molar-refractivity contribution in [2.75, 3.05) is 0 Å². The number of hydrogen-bond acceptors (Lipinski definition) is 2. The van der Waals surface area contributed by atoms with Gasteiger partial charge in [-0.05, 0) is 12.8 Å². The minimum absolute atomic E-state index is 0.537. The Labute approximate surface area is 196 Å². The molecule has 0 rings (SSSR count). The van der Waals surface area contributed by atoms with E-state index in [1.165, 1.54) is 116 Å². The van der Waals surface area contributed by atoms with Crippen molar-refractivity contribution < 1.29 is 13.0 Å². The second kappa shape index (κ2) is 23.1. The molecule has 0 aromatic carbocycles. The van der Waals surface area contributed by atoms with E-state index >= 15 is 0 Å². The molecule has 0 bridgehead atoms. The number of unbranched alkanes of at least 4 members (excludes halogenated alkanes) is 20. The fraction of sp³-hybridized carbons (Fsp3) is 1.00. The van der Waals surface area contributed by atoms with E-state index in [0.29, 0.717) is 12.8 Å².